The second-order valence-electron chi connectivity index (χ2n) is 7.02. The quantitative estimate of drug-likeness (QED) is 0.766. The zero-order chi connectivity index (χ0) is 18.4. The minimum atomic E-state index is -0.430. The van der Waals surface area contributed by atoms with Crippen LogP contribution in [0, 0.1) is 5.92 Å². The number of benzene rings is 1. The van der Waals surface area contributed by atoms with E-state index < -0.39 is 6.04 Å². The highest BCUT2D eigenvalue weighted by Gasteiger charge is 2.31. The van der Waals surface area contributed by atoms with E-state index in [0.717, 1.165) is 38.5 Å². The summed E-state index contributed by atoms with van der Waals surface area (Å²) in [5, 5.41) is 2.79. The minimum Gasteiger partial charge on any atom is -0.497 e. The number of hydrogen-bond acceptors (Lipinski definition) is 3. The zero-order valence-corrected chi connectivity index (χ0v) is 15.7. The summed E-state index contributed by atoms with van der Waals surface area (Å²) in [4.78, 5) is 27.4. The number of methoxy groups -OCH3 is 1. The molecule has 1 fully saturated rings. The first-order chi connectivity index (χ1) is 11.9. The molecule has 2 rings (SSSR count). The molecule has 1 aromatic carbocycles. The van der Waals surface area contributed by atoms with E-state index in [0.29, 0.717) is 0 Å². The van der Waals surface area contributed by atoms with Crippen molar-refractivity contribution in [3.63, 3.8) is 0 Å². The first-order valence-electron chi connectivity index (χ1n) is 8.93. The van der Waals surface area contributed by atoms with E-state index in [4.69, 9.17) is 4.74 Å². The highest BCUT2D eigenvalue weighted by molar-refractivity contribution is 5.87. The molecular weight excluding hydrogens is 318 g/mol. The van der Waals surface area contributed by atoms with Crippen LogP contribution in [0.25, 0.3) is 0 Å². The molecule has 138 valence electrons. The van der Waals surface area contributed by atoms with E-state index in [9.17, 15) is 9.59 Å². The van der Waals surface area contributed by atoms with Crippen molar-refractivity contribution in [3.8, 4) is 5.75 Å². The van der Waals surface area contributed by atoms with E-state index in [-0.39, 0.29) is 17.7 Å². The minimum absolute atomic E-state index is 0.0358. The van der Waals surface area contributed by atoms with Gasteiger partial charge in [0, 0.05) is 12.5 Å². The van der Waals surface area contributed by atoms with Gasteiger partial charge in [0.05, 0.1) is 33.3 Å². The van der Waals surface area contributed by atoms with Crippen molar-refractivity contribution in [2.45, 2.75) is 33.4 Å². The molecule has 1 heterocycles. The van der Waals surface area contributed by atoms with Gasteiger partial charge in [-0.25, -0.2) is 0 Å². The second kappa shape index (κ2) is 8.85. The van der Waals surface area contributed by atoms with E-state index in [1.807, 2.05) is 30.9 Å². The topological polar surface area (TPSA) is 63.1 Å². The summed E-state index contributed by atoms with van der Waals surface area (Å²) in [6.07, 6.45) is 0. The molecule has 0 aromatic heterocycles. The van der Waals surface area contributed by atoms with Crippen molar-refractivity contribution in [1.82, 2.24) is 10.2 Å². The Bertz CT molecular complexity index is 578. The van der Waals surface area contributed by atoms with Crippen LogP contribution < -0.4 is 15.0 Å². The Labute approximate surface area is 150 Å². The van der Waals surface area contributed by atoms with Gasteiger partial charge in [0.1, 0.15) is 18.3 Å². The number of ether oxygens (including phenoxy) is 1. The summed E-state index contributed by atoms with van der Waals surface area (Å²) in [7, 11) is 1.67. The fourth-order valence-corrected chi connectivity index (χ4v) is 3.18. The van der Waals surface area contributed by atoms with Gasteiger partial charge in [-0.15, -0.1) is 0 Å². The molecule has 1 aromatic rings. The Kier molecular flexibility index (Phi) is 6.82. The third-order valence-corrected chi connectivity index (χ3v) is 4.69. The van der Waals surface area contributed by atoms with Gasteiger partial charge >= 0.3 is 0 Å². The lowest BCUT2D eigenvalue weighted by molar-refractivity contribution is -0.917. The standard InChI is InChI=1S/C19H29N3O3/c1-14(2)18(20-15(3)23)19(24)22-11-9-21(10-12-22)13-16-5-7-17(25-4)8-6-16/h5-8,14,18H,9-13H2,1-4H3,(H,20,23)/p+1/t18-/m0/s1. The van der Waals surface area contributed by atoms with Crippen molar-refractivity contribution in [2.24, 2.45) is 5.92 Å². The largest absolute Gasteiger partial charge is 0.497 e. The molecule has 0 aliphatic carbocycles. The molecule has 0 bridgehead atoms. The fourth-order valence-electron chi connectivity index (χ4n) is 3.18. The molecule has 0 radical (unpaired) electrons. The average Bonchev–Trinajstić information content (AvgIpc) is 2.60. The maximum atomic E-state index is 12.7. The molecule has 0 unspecified atom stereocenters. The highest BCUT2D eigenvalue weighted by Crippen LogP contribution is 2.11. The van der Waals surface area contributed by atoms with Gasteiger partial charge in [0.15, 0.2) is 0 Å². The van der Waals surface area contributed by atoms with Crippen LogP contribution in [0.1, 0.15) is 26.3 Å². The van der Waals surface area contributed by atoms with Crippen molar-refractivity contribution in [1.29, 1.82) is 0 Å². The predicted molar refractivity (Wildman–Crippen MR) is 96.4 cm³/mol. The van der Waals surface area contributed by atoms with Gasteiger partial charge in [-0.05, 0) is 30.2 Å². The Hall–Kier alpha value is -2.08. The van der Waals surface area contributed by atoms with Crippen molar-refractivity contribution in [3.05, 3.63) is 29.8 Å². The first kappa shape index (κ1) is 19.2. The molecule has 1 aliphatic heterocycles. The average molecular weight is 348 g/mol. The fraction of sp³-hybridized carbons (Fsp3) is 0.579. The van der Waals surface area contributed by atoms with E-state index >= 15 is 0 Å². The molecule has 0 spiro atoms. The summed E-state index contributed by atoms with van der Waals surface area (Å²) in [5.41, 5.74) is 1.27. The number of nitrogens with one attached hydrogen (secondary N) is 2. The molecule has 2 amide bonds. The first-order valence-corrected chi connectivity index (χ1v) is 8.93. The van der Waals surface area contributed by atoms with Crippen molar-refractivity contribution >= 4 is 11.8 Å². The third kappa shape index (κ3) is 5.46. The van der Waals surface area contributed by atoms with Crippen LogP contribution in [-0.2, 0) is 16.1 Å². The lowest BCUT2D eigenvalue weighted by Gasteiger charge is -2.35. The molecule has 6 heteroatoms. The van der Waals surface area contributed by atoms with Crippen molar-refractivity contribution in [2.75, 3.05) is 33.3 Å². The van der Waals surface area contributed by atoms with Gasteiger partial charge in [-0.1, -0.05) is 13.8 Å². The van der Waals surface area contributed by atoms with Gasteiger partial charge in [-0.3, -0.25) is 9.59 Å². The third-order valence-electron chi connectivity index (χ3n) is 4.69. The van der Waals surface area contributed by atoms with Crippen LogP contribution in [0.15, 0.2) is 24.3 Å². The highest BCUT2D eigenvalue weighted by atomic mass is 16.5. The Morgan fingerprint density at radius 1 is 1.20 bits per heavy atom. The normalized spacial score (nSPS) is 16.6. The van der Waals surface area contributed by atoms with Gasteiger partial charge in [0.2, 0.25) is 11.8 Å². The number of piperazine rings is 1. The lowest BCUT2D eigenvalue weighted by Crippen LogP contribution is -3.13. The number of nitrogens with zero attached hydrogens (tertiary/aromatic N) is 1. The second-order valence-corrected chi connectivity index (χ2v) is 7.02. The number of hydrogen-bond donors (Lipinski definition) is 2. The Morgan fingerprint density at radius 3 is 2.28 bits per heavy atom. The monoisotopic (exact) mass is 348 g/mol. The number of rotatable bonds is 6. The summed E-state index contributed by atoms with van der Waals surface area (Å²) in [5.74, 6) is 0.831. The van der Waals surface area contributed by atoms with Crippen LogP contribution >= 0.6 is 0 Å². The maximum Gasteiger partial charge on any atom is 0.245 e. The number of quaternary nitrogens is 1. The summed E-state index contributed by atoms with van der Waals surface area (Å²) in [6, 6.07) is 7.72. The van der Waals surface area contributed by atoms with Gasteiger partial charge < -0.3 is 19.9 Å². The molecule has 2 N–H and O–H groups in total. The van der Waals surface area contributed by atoms with Gasteiger partial charge in [-0.2, -0.15) is 0 Å². The SMILES string of the molecule is COc1ccc(C[NH+]2CCN(C(=O)[C@@H](NC(C)=O)C(C)C)CC2)cc1. The van der Waals surface area contributed by atoms with E-state index in [2.05, 4.69) is 17.4 Å². The van der Waals surface area contributed by atoms with Crippen LogP contribution in [-0.4, -0.2) is 56.0 Å². The molecule has 1 aliphatic rings. The van der Waals surface area contributed by atoms with Crippen LogP contribution in [0.5, 0.6) is 5.75 Å². The Morgan fingerprint density at radius 2 is 1.80 bits per heavy atom. The smallest absolute Gasteiger partial charge is 0.245 e. The summed E-state index contributed by atoms with van der Waals surface area (Å²) < 4.78 is 5.19. The molecular formula is C19H30N3O3+. The zero-order valence-electron chi connectivity index (χ0n) is 15.7. The van der Waals surface area contributed by atoms with Crippen LogP contribution in [0.3, 0.4) is 0 Å². The van der Waals surface area contributed by atoms with Crippen molar-refractivity contribution < 1.29 is 19.2 Å². The lowest BCUT2D eigenvalue weighted by atomic mass is 10.0. The summed E-state index contributed by atoms with van der Waals surface area (Å²) in [6.45, 7) is 9.63. The van der Waals surface area contributed by atoms with E-state index in [1.54, 1.807) is 7.11 Å². The molecule has 25 heavy (non-hydrogen) atoms. The van der Waals surface area contributed by atoms with E-state index in [1.165, 1.54) is 17.4 Å². The Balaban J connectivity index is 1.87. The van der Waals surface area contributed by atoms with Crippen LogP contribution in [0.4, 0.5) is 0 Å². The number of carbonyl (C=O) groups excluding carboxylic acids is 2. The number of carbonyl (C=O) groups is 2. The number of amides is 2. The maximum absolute atomic E-state index is 12.7. The molecule has 1 atom stereocenters. The molecule has 0 saturated carbocycles. The predicted octanol–water partition coefficient (Wildman–Crippen LogP) is 0.0830. The summed E-state index contributed by atoms with van der Waals surface area (Å²) >= 11 is 0. The molecule has 6 nitrogen and oxygen atoms in total. The van der Waals surface area contributed by atoms with Gasteiger partial charge in [0.25, 0.3) is 0 Å². The van der Waals surface area contributed by atoms with Crippen LogP contribution in [0.2, 0.25) is 0 Å². The molecule has 1 saturated heterocycles.